The lowest BCUT2D eigenvalue weighted by Crippen LogP contribution is -2.51. The molecule has 1 aliphatic rings. The topological polar surface area (TPSA) is 43.8 Å². The van der Waals surface area contributed by atoms with E-state index in [1.165, 1.54) is 6.07 Å². The molecule has 4 nitrogen and oxygen atoms in total. The number of carbonyl (C=O) groups is 1. The fraction of sp³-hybridized carbons (Fsp3) is 0.500. The van der Waals surface area contributed by atoms with Gasteiger partial charge in [-0.1, -0.05) is 17.7 Å². The summed E-state index contributed by atoms with van der Waals surface area (Å²) in [5.74, 6) is -1.19. The third-order valence-corrected chi connectivity index (χ3v) is 4.01. The summed E-state index contributed by atoms with van der Waals surface area (Å²) in [6.07, 6.45) is 0. The van der Waals surface area contributed by atoms with Crippen LogP contribution in [0, 0.1) is 5.82 Å². The molecule has 1 fully saturated rings. The van der Waals surface area contributed by atoms with Crippen LogP contribution in [0.3, 0.4) is 0 Å². The Morgan fingerprint density at radius 3 is 2.60 bits per heavy atom. The van der Waals surface area contributed by atoms with Gasteiger partial charge in [0.25, 0.3) is 0 Å². The maximum atomic E-state index is 13.4. The maximum absolute atomic E-state index is 13.4. The molecule has 110 valence electrons. The van der Waals surface area contributed by atoms with Gasteiger partial charge in [-0.25, -0.2) is 4.39 Å². The Balaban J connectivity index is 1.88. The second-order valence-corrected chi connectivity index (χ2v) is 5.48. The van der Waals surface area contributed by atoms with Gasteiger partial charge in [0.15, 0.2) is 0 Å². The molecule has 1 unspecified atom stereocenters. The average Bonchev–Trinajstić information content (AvgIpc) is 2.43. The minimum Gasteiger partial charge on any atom is -0.480 e. The lowest BCUT2D eigenvalue weighted by Gasteiger charge is -2.36. The summed E-state index contributed by atoms with van der Waals surface area (Å²) in [7, 11) is 0. The monoisotopic (exact) mass is 300 g/mol. The maximum Gasteiger partial charge on any atom is 0.320 e. The lowest BCUT2D eigenvalue weighted by atomic mass is 10.1. The number of benzene rings is 1. The normalized spacial score (nSPS) is 18.9. The van der Waals surface area contributed by atoms with Crippen molar-refractivity contribution in [1.29, 1.82) is 0 Å². The number of nitrogens with zero attached hydrogens (tertiary/aromatic N) is 2. The molecule has 0 spiro atoms. The van der Waals surface area contributed by atoms with E-state index >= 15 is 0 Å². The Morgan fingerprint density at radius 1 is 1.40 bits per heavy atom. The molecule has 20 heavy (non-hydrogen) atoms. The highest BCUT2D eigenvalue weighted by molar-refractivity contribution is 6.30. The van der Waals surface area contributed by atoms with Crippen LogP contribution >= 0.6 is 11.6 Å². The van der Waals surface area contributed by atoms with Crippen LogP contribution in [0.2, 0.25) is 5.02 Å². The quantitative estimate of drug-likeness (QED) is 0.924. The third-order valence-electron chi connectivity index (χ3n) is 3.70. The van der Waals surface area contributed by atoms with E-state index in [4.69, 9.17) is 16.7 Å². The first-order valence-corrected chi connectivity index (χ1v) is 6.98. The van der Waals surface area contributed by atoms with Gasteiger partial charge < -0.3 is 5.11 Å². The molecule has 1 heterocycles. The summed E-state index contributed by atoms with van der Waals surface area (Å²) in [6.45, 7) is 5.34. The minimum atomic E-state index is -0.793. The van der Waals surface area contributed by atoms with Crippen molar-refractivity contribution in [2.24, 2.45) is 0 Å². The molecule has 1 aromatic rings. The van der Waals surface area contributed by atoms with Gasteiger partial charge in [0.05, 0.1) is 5.02 Å². The third kappa shape index (κ3) is 3.69. The molecular weight excluding hydrogens is 283 g/mol. The van der Waals surface area contributed by atoms with E-state index in [0.717, 1.165) is 18.7 Å². The fourth-order valence-corrected chi connectivity index (χ4v) is 2.48. The number of halogens is 2. The number of rotatable bonds is 4. The highest BCUT2D eigenvalue weighted by atomic mass is 35.5. The van der Waals surface area contributed by atoms with Gasteiger partial charge in [-0.3, -0.25) is 14.6 Å². The van der Waals surface area contributed by atoms with Crippen molar-refractivity contribution in [3.05, 3.63) is 34.6 Å². The summed E-state index contributed by atoms with van der Waals surface area (Å²) in [6, 6.07) is 4.38. The molecule has 0 radical (unpaired) electrons. The van der Waals surface area contributed by atoms with E-state index in [2.05, 4.69) is 4.90 Å². The number of carboxylic acid groups (broad SMARTS) is 1. The average molecular weight is 301 g/mol. The Morgan fingerprint density at radius 2 is 2.05 bits per heavy atom. The van der Waals surface area contributed by atoms with E-state index < -0.39 is 17.8 Å². The molecule has 2 rings (SSSR count). The van der Waals surface area contributed by atoms with Crippen LogP contribution in [0.25, 0.3) is 0 Å². The lowest BCUT2D eigenvalue weighted by molar-refractivity contribution is -0.143. The SMILES string of the molecule is CC(C(=O)O)N1CCN(Cc2ccc(Cl)c(F)c2)CC1. The molecule has 1 N–H and O–H groups in total. The molecule has 1 aromatic carbocycles. The molecule has 0 aromatic heterocycles. The van der Waals surface area contributed by atoms with Gasteiger partial charge in [-0.05, 0) is 24.6 Å². The van der Waals surface area contributed by atoms with E-state index in [1.807, 2.05) is 11.0 Å². The first-order valence-electron chi connectivity index (χ1n) is 6.60. The van der Waals surface area contributed by atoms with Crippen LogP contribution in [0.4, 0.5) is 4.39 Å². The Hall–Kier alpha value is -1.17. The Labute approximate surface area is 122 Å². The Kier molecular flexibility index (Phi) is 4.96. The number of aliphatic carboxylic acids is 1. The van der Waals surface area contributed by atoms with Crippen LogP contribution in [0.15, 0.2) is 18.2 Å². The summed E-state index contributed by atoms with van der Waals surface area (Å²) >= 11 is 5.66. The second-order valence-electron chi connectivity index (χ2n) is 5.07. The summed E-state index contributed by atoms with van der Waals surface area (Å²) < 4.78 is 13.4. The van der Waals surface area contributed by atoms with Crippen molar-refractivity contribution in [3.63, 3.8) is 0 Å². The molecule has 0 bridgehead atoms. The number of hydrogen-bond acceptors (Lipinski definition) is 3. The van der Waals surface area contributed by atoms with Gasteiger partial charge in [0, 0.05) is 32.7 Å². The van der Waals surface area contributed by atoms with Gasteiger partial charge >= 0.3 is 5.97 Å². The van der Waals surface area contributed by atoms with Crippen LogP contribution in [-0.2, 0) is 11.3 Å². The Bertz CT molecular complexity index is 490. The second kappa shape index (κ2) is 6.52. The van der Waals surface area contributed by atoms with E-state index in [1.54, 1.807) is 13.0 Å². The number of hydrogen-bond donors (Lipinski definition) is 1. The zero-order chi connectivity index (χ0) is 14.7. The standard InChI is InChI=1S/C14H18ClFN2O2/c1-10(14(19)20)18-6-4-17(5-7-18)9-11-2-3-12(15)13(16)8-11/h2-3,8,10H,4-7,9H2,1H3,(H,19,20). The highest BCUT2D eigenvalue weighted by Gasteiger charge is 2.25. The first-order chi connectivity index (χ1) is 9.47. The van der Waals surface area contributed by atoms with Gasteiger partial charge in [-0.15, -0.1) is 0 Å². The molecule has 0 aliphatic carbocycles. The van der Waals surface area contributed by atoms with E-state index in [9.17, 15) is 9.18 Å². The smallest absolute Gasteiger partial charge is 0.320 e. The van der Waals surface area contributed by atoms with Crippen molar-refractivity contribution in [3.8, 4) is 0 Å². The summed E-state index contributed by atoms with van der Waals surface area (Å²) in [4.78, 5) is 15.1. The van der Waals surface area contributed by atoms with E-state index in [0.29, 0.717) is 19.6 Å². The van der Waals surface area contributed by atoms with Crippen LogP contribution in [0.1, 0.15) is 12.5 Å². The molecule has 0 amide bonds. The fourth-order valence-electron chi connectivity index (χ4n) is 2.36. The highest BCUT2D eigenvalue weighted by Crippen LogP contribution is 2.17. The van der Waals surface area contributed by atoms with Gasteiger partial charge in [-0.2, -0.15) is 0 Å². The summed E-state index contributed by atoms with van der Waals surface area (Å²) in [5.41, 5.74) is 0.881. The molecule has 0 saturated carbocycles. The number of piperazine rings is 1. The van der Waals surface area contributed by atoms with Crippen LogP contribution < -0.4 is 0 Å². The van der Waals surface area contributed by atoms with Crippen molar-refractivity contribution in [2.75, 3.05) is 26.2 Å². The molecule has 1 saturated heterocycles. The van der Waals surface area contributed by atoms with E-state index in [-0.39, 0.29) is 5.02 Å². The van der Waals surface area contributed by atoms with Gasteiger partial charge in [0.2, 0.25) is 0 Å². The first kappa shape index (κ1) is 15.2. The van der Waals surface area contributed by atoms with Crippen molar-refractivity contribution < 1.29 is 14.3 Å². The molecule has 1 aliphatic heterocycles. The van der Waals surface area contributed by atoms with Crippen LogP contribution in [0.5, 0.6) is 0 Å². The summed E-state index contributed by atoms with van der Waals surface area (Å²) in [5, 5.41) is 9.12. The van der Waals surface area contributed by atoms with Gasteiger partial charge in [0.1, 0.15) is 11.9 Å². The largest absolute Gasteiger partial charge is 0.480 e. The van der Waals surface area contributed by atoms with Crippen LogP contribution in [-0.4, -0.2) is 53.1 Å². The van der Waals surface area contributed by atoms with Crippen molar-refractivity contribution in [1.82, 2.24) is 9.80 Å². The predicted octanol–water partition coefficient (Wildman–Crippen LogP) is 2.07. The zero-order valence-corrected chi connectivity index (χ0v) is 12.1. The van der Waals surface area contributed by atoms with Crippen molar-refractivity contribution in [2.45, 2.75) is 19.5 Å². The molecular formula is C14H18ClFN2O2. The molecule has 1 atom stereocenters. The predicted molar refractivity (Wildman–Crippen MR) is 75.4 cm³/mol. The number of carboxylic acids is 1. The molecule has 6 heteroatoms. The van der Waals surface area contributed by atoms with Crippen molar-refractivity contribution >= 4 is 17.6 Å². The zero-order valence-electron chi connectivity index (χ0n) is 11.4. The minimum absolute atomic E-state index is 0.133.